The van der Waals surface area contributed by atoms with Crippen molar-refractivity contribution in [3.63, 3.8) is 0 Å². The van der Waals surface area contributed by atoms with Crippen molar-refractivity contribution < 1.29 is 4.79 Å². The van der Waals surface area contributed by atoms with Gasteiger partial charge in [-0.15, -0.1) is 0 Å². The van der Waals surface area contributed by atoms with E-state index in [0.29, 0.717) is 29.0 Å². The molecule has 30 heavy (non-hydrogen) atoms. The Morgan fingerprint density at radius 1 is 1.13 bits per heavy atom. The number of ketones is 1. The first-order chi connectivity index (χ1) is 14.4. The average Bonchev–Trinajstić information content (AvgIpc) is 2.96. The highest BCUT2D eigenvalue weighted by molar-refractivity contribution is 6.35. The maximum Gasteiger partial charge on any atom is 0.282 e. The SMILES string of the molecule is CC.CC1(C)c2cc(C3CCCC(=O)C3)ccc2-n2c1nc(=O)c1c(Cl)cccc12. The zero-order valence-corrected chi connectivity index (χ0v) is 18.7. The highest BCUT2D eigenvalue weighted by Crippen LogP contribution is 2.45. The topological polar surface area (TPSA) is 52.0 Å². The molecule has 1 aromatic heterocycles. The van der Waals surface area contributed by atoms with E-state index in [1.54, 1.807) is 6.07 Å². The lowest BCUT2D eigenvalue weighted by Gasteiger charge is -2.24. The molecule has 0 bridgehead atoms. The van der Waals surface area contributed by atoms with Crippen molar-refractivity contribution in [3.8, 4) is 5.69 Å². The predicted octanol–water partition coefficient (Wildman–Crippen LogP) is 5.93. The lowest BCUT2D eigenvalue weighted by atomic mass is 9.79. The van der Waals surface area contributed by atoms with Crippen LogP contribution in [0, 0.1) is 0 Å². The van der Waals surface area contributed by atoms with E-state index in [1.165, 1.54) is 5.56 Å². The van der Waals surface area contributed by atoms with Gasteiger partial charge in [-0.25, -0.2) is 0 Å². The minimum absolute atomic E-state index is 0.283. The van der Waals surface area contributed by atoms with E-state index in [-0.39, 0.29) is 11.5 Å². The number of carbonyl (C=O) groups is 1. The molecule has 0 spiro atoms. The molecular formula is C25H27ClN2O2. The molecule has 1 saturated carbocycles. The number of aromatic nitrogens is 2. The highest BCUT2D eigenvalue weighted by Gasteiger charge is 2.39. The Labute approximate surface area is 181 Å². The maximum atomic E-state index is 12.7. The Kier molecular flexibility index (Phi) is 5.31. The fourth-order valence-corrected chi connectivity index (χ4v) is 5.07. The number of fused-ring (bicyclic) bond motifs is 5. The van der Waals surface area contributed by atoms with Crippen LogP contribution in [0.15, 0.2) is 41.2 Å². The van der Waals surface area contributed by atoms with Crippen LogP contribution in [0.25, 0.3) is 16.6 Å². The van der Waals surface area contributed by atoms with Crippen molar-refractivity contribution in [1.82, 2.24) is 9.55 Å². The molecular weight excluding hydrogens is 396 g/mol. The fourth-order valence-electron chi connectivity index (χ4n) is 4.82. The Morgan fingerprint density at radius 2 is 1.90 bits per heavy atom. The second kappa shape index (κ2) is 7.66. The molecule has 1 aliphatic heterocycles. The van der Waals surface area contributed by atoms with Crippen LogP contribution in [-0.2, 0) is 10.2 Å². The van der Waals surface area contributed by atoms with Crippen LogP contribution in [0.2, 0.25) is 5.02 Å². The van der Waals surface area contributed by atoms with Crippen LogP contribution in [0.1, 0.15) is 76.2 Å². The van der Waals surface area contributed by atoms with Crippen LogP contribution in [0.3, 0.4) is 0 Å². The summed E-state index contributed by atoms with van der Waals surface area (Å²) in [6.07, 6.45) is 3.34. The van der Waals surface area contributed by atoms with Crippen molar-refractivity contribution in [2.45, 2.75) is 64.7 Å². The van der Waals surface area contributed by atoms with E-state index in [2.05, 4.69) is 41.6 Å². The van der Waals surface area contributed by atoms with Crippen LogP contribution in [0.5, 0.6) is 0 Å². The highest BCUT2D eigenvalue weighted by atomic mass is 35.5. The van der Waals surface area contributed by atoms with Gasteiger partial charge < -0.3 is 0 Å². The summed E-state index contributed by atoms with van der Waals surface area (Å²) < 4.78 is 2.06. The smallest absolute Gasteiger partial charge is 0.282 e. The van der Waals surface area contributed by atoms with Gasteiger partial charge in [0.1, 0.15) is 11.6 Å². The van der Waals surface area contributed by atoms with E-state index < -0.39 is 5.41 Å². The van der Waals surface area contributed by atoms with E-state index in [0.717, 1.165) is 35.4 Å². The predicted molar refractivity (Wildman–Crippen MR) is 122 cm³/mol. The molecule has 1 fully saturated rings. The first kappa shape index (κ1) is 20.8. The van der Waals surface area contributed by atoms with Crippen molar-refractivity contribution in [2.24, 2.45) is 0 Å². The van der Waals surface area contributed by atoms with Crippen molar-refractivity contribution in [1.29, 1.82) is 0 Å². The van der Waals surface area contributed by atoms with Gasteiger partial charge in [0.2, 0.25) is 0 Å². The molecule has 1 atom stereocenters. The van der Waals surface area contributed by atoms with E-state index >= 15 is 0 Å². The molecule has 0 amide bonds. The third-order valence-electron chi connectivity index (χ3n) is 6.31. The van der Waals surface area contributed by atoms with Crippen LogP contribution >= 0.6 is 11.6 Å². The zero-order valence-electron chi connectivity index (χ0n) is 18.0. The quantitative estimate of drug-likeness (QED) is 0.488. The van der Waals surface area contributed by atoms with Gasteiger partial charge in [0.05, 0.1) is 27.0 Å². The van der Waals surface area contributed by atoms with Gasteiger partial charge in [0.25, 0.3) is 5.56 Å². The van der Waals surface area contributed by atoms with Crippen LogP contribution < -0.4 is 5.56 Å². The normalized spacial score (nSPS) is 19.1. The number of halogens is 1. The summed E-state index contributed by atoms with van der Waals surface area (Å²) in [6.45, 7) is 8.20. The molecule has 4 nitrogen and oxygen atoms in total. The van der Waals surface area contributed by atoms with Gasteiger partial charge in [0, 0.05) is 12.8 Å². The molecule has 5 rings (SSSR count). The molecule has 0 saturated heterocycles. The number of benzene rings is 2. The Bertz CT molecular complexity index is 1210. The number of nitrogens with zero attached hydrogens (tertiary/aromatic N) is 2. The molecule has 2 aromatic carbocycles. The zero-order chi connectivity index (χ0) is 21.6. The van der Waals surface area contributed by atoms with Gasteiger partial charge in [-0.3, -0.25) is 14.2 Å². The third-order valence-corrected chi connectivity index (χ3v) is 6.63. The average molecular weight is 423 g/mol. The summed E-state index contributed by atoms with van der Waals surface area (Å²) in [5.41, 5.74) is 3.48. The van der Waals surface area contributed by atoms with Crippen LogP contribution in [0.4, 0.5) is 0 Å². The van der Waals surface area contributed by atoms with Crippen molar-refractivity contribution in [2.75, 3.05) is 0 Å². The van der Waals surface area contributed by atoms with Gasteiger partial charge in [-0.2, -0.15) is 4.98 Å². The third kappa shape index (κ3) is 3.09. The van der Waals surface area contributed by atoms with Gasteiger partial charge in [0.15, 0.2) is 0 Å². The molecule has 2 heterocycles. The molecule has 156 valence electrons. The molecule has 1 aliphatic carbocycles. The Hall–Kier alpha value is -2.46. The molecule has 1 unspecified atom stereocenters. The number of hydrogen-bond acceptors (Lipinski definition) is 3. The molecule has 0 radical (unpaired) electrons. The van der Waals surface area contributed by atoms with E-state index in [9.17, 15) is 9.59 Å². The number of carbonyl (C=O) groups excluding carboxylic acids is 1. The number of hydrogen-bond donors (Lipinski definition) is 0. The van der Waals surface area contributed by atoms with Crippen LogP contribution in [-0.4, -0.2) is 15.3 Å². The molecule has 0 N–H and O–H groups in total. The second-order valence-electron chi connectivity index (χ2n) is 8.44. The first-order valence-corrected chi connectivity index (χ1v) is 11.1. The maximum absolute atomic E-state index is 12.7. The molecule has 3 aromatic rings. The summed E-state index contributed by atoms with van der Waals surface area (Å²) >= 11 is 6.32. The Balaban J connectivity index is 0.00000106. The summed E-state index contributed by atoms with van der Waals surface area (Å²) in [4.78, 5) is 29.1. The number of rotatable bonds is 1. The fraction of sp³-hybridized carbons (Fsp3) is 0.400. The summed E-state index contributed by atoms with van der Waals surface area (Å²) in [6, 6.07) is 12.0. The van der Waals surface area contributed by atoms with Gasteiger partial charge in [-0.1, -0.05) is 43.6 Å². The van der Waals surface area contributed by atoms with E-state index in [1.807, 2.05) is 26.0 Å². The summed E-state index contributed by atoms with van der Waals surface area (Å²) in [5.74, 6) is 1.37. The largest absolute Gasteiger partial charge is 0.300 e. The van der Waals surface area contributed by atoms with E-state index in [4.69, 9.17) is 11.6 Å². The lowest BCUT2D eigenvalue weighted by molar-refractivity contribution is -0.120. The monoisotopic (exact) mass is 422 g/mol. The van der Waals surface area contributed by atoms with Crippen molar-refractivity contribution >= 4 is 28.3 Å². The summed E-state index contributed by atoms with van der Waals surface area (Å²) in [7, 11) is 0. The van der Waals surface area contributed by atoms with Gasteiger partial charge in [-0.05, 0) is 61.9 Å². The Morgan fingerprint density at radius 3 is 2.63 bits per heavy atom. The minimum Gasteiger partial charge on any atom is -0.300 e. The lowest BCUT2D eigenvalue weighted by Crippen LogP contribution is -2.24. The first-order valence-electron chi connectivity index (χ1n) is 10.8. The molecule has 2 aliphatic rings. The number of Topliss-reactive ketones (excluding diaryl/α,β-unsaturated/α-hetero) is 1. The van der Waals surface area contributed by atoms with Gasteiger partial charge >= 0.3 is 0 Å². The summed E-state index contributed by atoms with van der Waals surface area (Å²) in [5, 5.41) is 0.882. The second-order valence-corrected chi connectivity index (χ2v) is 8.85. The molecule has 5 heteroatoms. The minimum atomic E-state index is -0.403. The standard InChI is InChI=1S/C23H21ClN2O2.C2H6/c1-23(2)16-12-14(13-5-3-6-15(27)11-13)9-10-18(16)26-19-8-4-7-17(24)20(19)21(28)25-22(23)26;1-2/h4,7-10,12-13H,3,5-6,11H2,1-2H3;1-2H3. The van der Waals surface area contributed by atoms with Crippen molar-refractivity contribution in [3.05, 3.63) is 68.7 Å².